The smallest absolute Gasteiger partial charge is 0.217 e. The molecule has 2 aromatic rings. The van der Waals surface area contributed by atoms with Crippen LogP contribution in [0.1, 0.15) is 22.3 Å². The Morgan fingerprint density at radius 3 is 1.30 bits per heavy atom. The number of aliphatic imine (C=N–C) groups is 4. The molecule has 0 N–H and O–H groups in total. The lowest BCUT2D eigenvalue weighted by Crippen LogP contribution is -2.05. The van der Waals surface area contributed by atoms with Gasteiger partial charge in [-0.3, -0.25) is 0 Å². The van der Waals surface area contributed by atoms with Crippen molar-refractivity contribution < 1.29 is 18.9 Å². The normalized spacial score (nSPS) is 18.6. The summed E-state index contributed by atoms with van der Waals surface area (Å²) in [7, 11) is 0. The van der Waals surface area contributed by atoms with Gasteiger partial charge in [0.25, 0.3) is 0 Å². The maximum Gasteiger partial charge on any atom is 0.217 e. The molecule has 2 aromatic carbocycles. The third kappa shape index (κ3) is 5.01. The van der Waals surface area contributed by atoms with Gasteiger partial charge in [-0.15, -0.1) is 0 Å². The van der Waals surface area contributed by atoms with Crippen molar-refractivity contribution in [2.75, 3.05) is 52.6 Å². The predicted octanol–water partition coefficient (Wildman–Crippen LogP) is 3.13. The Morgan fingerprint density at radius 2 is 0.909 bits per heavy atom. The monoisotopic (exact) mass is 466 g/mol. The highest BCUT2D eigenvalue weighted by Crippen LogP contribution is 2.22. The average Bonchev–Trinajstić information content (AvgIpc) is 3.68. The zero-order chi connectivity index (χ0) is 22.5. The van der Waals surface area contributed by atoms with Gasteiger partial charge in [-0.05, 0) is 42.5 Å². The fourth-order valence-electron chi connectivity index (χ4n) is 3.60. The lowest BCUT2D eigenvalue weighted by molar-refractivity contribution is 0.347. The van der Waals surface area contributed by atoms with E-state index in [9.17, 15) is 0 Å². The molecule has 170 valence electrons. The van der Waals surface area contributed by atoms with E-state index in [2.05, 4.69) is 20.0 Å². The van der Waals surface area contributed by atoms with Crippen LogP contribution in [-0.4, -0.2) is 76.2 Å². The second-order valence-corrected chi connectivity index (χ2v) is 7.82. The van der Waals surface area contributed by atoms with Gasteiger partial charge in [-0.2, -0.15) is 0 Å². The topological polar surface area (TPSA) is 86.4 Å². The molecule has 0 radical (unpaired) electrons. The van der Waals surface area contributed by atoms with Crippen molar-refractivity contribution >= 4 is 35.2 Å². The third-order valence-corrected chi connectivity index (χ3v) is 5.48. The molecule has 0 amide bonds. The van der Waals surface area contributed by atoms with Crippen LogP contribution in [0.2, 0.25) is 5.02 Å². The molecule has 33 heavy (non-hydrogen) atoms. The molecule has 4 heterocycles. The number of hydrogen-bond donors (Lipinski definition) is 0. The predicted molar refractivity (Wildman–Crippen MR) is 127 cm³/mol. The van der Waals surface area contributed by atoms with Gasteiger partial charge in [0, 0.05) is 16.7 Å². The molecular weight excluding hydrogens is 444 g/mol. The van der Waals surface area contributed by atoms with E-state index in [1.807, 2.05) is 42.5 Å². The summed E-state index contributed by atoms with van der Waals surface area (Å²) < 4.78 is 21.6. The van der Waals surface area contributed by atoms with E-state index < -0.39 is 0 Å². The highest BCUT2D eigenvalue weighted by atomic mass is 35.5. The van der Waals surface area contributed by atoms with Crippen LogP contribution in [0.15, 0.2) is 62.4 Å². The van der Waals surface area contributed by atoms with Gasteiger partial charge < -0.3 is 18.9 Å². The van der Waals surface area contributed by atoms with Crippen LogP contribution < -0.4 is 0 Å². The van der Waals surface area contributed by atoms with Gasteiger partial charge in [0.15, 0.2) is 0 Å². The second-order valence-electron chi connectivity index (χ2n) is 7.41. The van der Waals surface area contributed by atoms with Crippen LogP contribution in [-0.2, 0) is 18.9 Å². The Bertz CT molecular complexity index is 1100. The van der Waals surface area contributed by atoms with E-state index in [0.29, 0.717) is 56.3 Å². The SMILES string of the molecule is Clc1cc(C2=NCCO2)ccc1C1=NCCO1.c1cc(C2=NCCO2)ccc1C1=NCCO1. The molecule has 0 atom stereocenters. The van der Waals surface area contributed by atoms with E-state index in [0.717, 1.165) is 47.1 Å². The summed E-state index contributed by atoms with van der Waals surface area (Å²) in [6, 6.07) is 13.6. The first-order valence-electron chi connectivity index (χ1n) is 10.9. The van der Waals surface area contributed by atoms with Crippen LogP contribution >= 0.6 is 11.6 Å². The summed E-state index contributed by atoms with van der Waals surface area (Å²) in [5.41, 5.74) is 3.75. The van der Waals surface area contributed by atoms with Gasteiger partial charge in [-0.1, -0.05) is 11.6 Å². The van der Waals surface area contributed by atoms with Crippen molar-refractivity contribution in [1.82, 2.24) is 0 Å². The minimum absolute atomic E-state index is 0.612. The number of nitrogens with zero attached hydrogens (tertiary/aromatic N) is 4. The molecule has 0 saturated carbocycles. The van der Waals surface area contributed by atoms with E-state index in [1.165, 1.54) is 0 Å². The Labute approximate surface area is 196 Å². The van der Waals surface area contributed by atoms with E-state index in [-0.39, 0.29) is 0 Å². The number of ether oxygens (including phenoxy) is 4. The van der Waals surface area contributed by atoms with E-state index in [1.54, 1.807) is 0 Å². The Balaban J connectivity index is 0.000000139. The van der Waals surface area contributed by atoms with Crippen LogP contribution in [0.3, 0.4) is 0 Å². The molecule has 0 saturated heterocycles. The molecule has 0 spiro atoms. The molecule has 8 nitrogen and oxygen atoms in total. The van der Waals surface area contributed by atoms with Crippen LogP contribution in [0.25, 0.3) is 0 Å². The fourth-order valence-corrected chi connectivity index (χ4v) is 3.87. The standard InChI is InChI=1S/C12H11ClN2O2.C12H12N2O2/c13-10-7-8(11-14-3-5-16-11)1-2-9(10)12-15-4-6-17-12;1-2-10(12-14-6-8-16-12)4-3-9(1)11-13-5-7-15-11/h1-2,7H,3-6H2;1-4H,5-8H2. The molecule has 0 unspecified atom stereocenters. The van der Waals surface area contributed by atoms with Crippen molar-refractivity contribution in [3.63, 3.8) is 0 Å². The van der Waals surface area contributed by atoms with Crippen molar-refractivity contribution in [3.8, 4) is 0 Å². The summed E-state index contributed by atoms with van der Waals surface area (Å²) in [5.74, 6) is 2.75. The first kappa shape index (κ1) is 21.5. The maximum atomic E-state index is 6.22. The quantitative estimate of drug-likeness (QED) is 0.692. The van der Waals surface area contributed by atoms with Crippen molar-refractivity contribution in [2.45, 2.75) is 0 Å². The van der Waals surface area contributed by atoms with Gasteiger partial charge in [0.05, 0.1) is 36.8 Å². The number of halogens is 1. The Hall–Kier alpha value is -3.39. The van der Waals surface area contributed by atoms with Gasteiger partial charge in [-0.25, -0.2) is 20.0 Å². The zero-order valence-electron chi connectivity index (χ0n) is 18.0. The molecule has 0 fully saturated rings. The fraction of sp³-hybridized carbons (Fsp3) is 0.333. The van der Waals surface area contributed by atoms with Crippen LogP contribution in [0.5, 0.6) is 0 Å². The Kier molecular flexibility index (Phi) is 6.53. The van der Waals surface area contributed by atoms with Crippen molar-refractivity contribution in [2.24, 2.45) is 20.0 Å². The van der Waals surface area contributed by atoms with E-state index >= 15 is 0 Å². The summed E-state index contributed by atoms with van der Waals surface area (Å²) >= 11 is 6.22. The molecule has 4 aliphatic rings. The second kappa shape index (κ2) is 10.0. The molecule has 0 bridgehead atoms. The molecule has 4 aliphatic heterocycles. The van der Waals surface area contributed by atoms with Crippen molar-refractivity contribution in [1.29, 1.82) is 0 Å². The Morgan fingerprint density at radius 1 is 0.515 bits per heavy atom. The highest BCUT2D eigenvalue weighted by Gasteiger charge is 2.17. The lowest BCUT2D eigenvalue weighted by atomic mass is 10.1. The van der Waals surface area contributed by atoms with Gasteiger partial charge in [0.2, 0.25) is 23.6 Å². The van der Waals surface area contributed by atoms with Gasteiger partial charge in [0.1, 0.15) is 26.4 Å². The van der Waals surface area contributed by atoms with E-state index in [4.69, 9.17) is 30.5 Å². The van der Waals surface area contributed by atoms with Crippen molar-refractivity contribution in [3.05, 3.63) is 69.7 Å². The third-order valence-electron chi connectivity index (χ3n) is 5.17. The summed E-state index contributed by atoms with van der Waals surface area (Å²) in [5, 5.41) is 0.612. The van der Waals surface area contributed by atoms with Crippen LogP contribution in [0, 0.1) is 0 Å². The summed E-state index contributed by atoms with van der Waals surface area (Å²) in [6.07, 6.45) is 0. The highest BCUT2D eigenvalue weighted by molar-refractivity contribution is 6.34. The minimum Gasteiger partial charge on any atom is -0.476 e. The maximum absolute atomic E-state index is 6.22. The molecule has 6 rings (SSSR count). The average molecular weight is 467 g/mol. The first-order valence-corrected chi connectivity index (χ1v) is 11.3. The lowest BCUT2D eigenvalue weighted by Gasteiger charge is -2.07. The molecular formula is C24H23ClN4O4. The summed E-state index contributed by atoms with van der Waals surface area (Å²) in [6.45, 7) is 5.57. The first-order chi connectivity index (χ1) is 16.3. The molecule has 0 aliphatic carbocycles. The number of rotatable bonds is 4. The summed E-state index contributed by atoms with van der Waals surface area (Å²) in [4.78, 5) is 17.0. The molecule has 9 heteroatoms. The van der Waals surface area contributed by atoms with Crippen LogP contribution in [0.4, 0.5) is 0 Å². The minimum atomic E-state index is 0.612. The van der Waals surface area contributed by atoms with Gasteiger partial charge >= 0.3 is 0 Å². The molecule has 0 aromatic heterocycles. The largest absolute Gasteiger partial charge is 0.476 e. The zero-order valence-corrected chi connectivity index (χ0v) is 18.8. The number of hydrogen-bond acceptors (Lipinski definition) is 8. The number of benzene rings is 2.